The molecule has 0 atom stereocenters. The molecular weight excluding hydrogens is 214 g/mol. The van der Waals surface area contributed by atoms with E-state index in [4.69, 9.17) is 33.0 Å². The fourth-order valence-electron chi connectivity index (χ4n) is 0.421. The molecule has 0 spiro atoms. The molecule has 0 radical (unpaired) electrons. The lowest BCUT2D eigenvalue weighted by Gasteiger charge is -2.04. The number of phosphoric ester groups is 1. The first-order valence-electron chi connectivity index (χ1n) is 2.90. The summed E-state index contributed by atoms with van der Waals surface area (Å²) in [5.41, 5.74) is 0. The van der Waals surface area contributed by atoms with Crippen LogP contribution in [0.5, 0.6) is 0 Å². The van der Waals surface area contributed by atoms with Gasteiger partial charge >= 0.3 is 7.82 Å². The molecule has 0 aliphatic heterocycles. The number of halogens is 2. The molecule has 68 valence electrons. The van der Waals surface area contributed by atoms with Crippen LogP contribution in [-0.2, 0) is 9.09 Å². The summed E-state index contributed by atoms with van der Waals surface area (Å²) < 4.78 is 14.2. The van der Waals surface area contributed by atoms with Crippen molar-refractivity contribution in [3.8, 4) is 0 Å². The number of alkyl halides is 2. The molecule has 0 saturated heterocycles. The molecule has 0 fully saturated rings. The SMILES string of the molecule is O=P(O)(O)OCCCC(Cl)Cl. The van der Waals surface area contributed by atoms with Gasteiger partial charge in [0.1, 0.15) is 4.84 Å². The molecule has 0 rings (SSSR count). The van der Waals surface area contributed by atoms with Crippen molar-refractivity contribution >= 4 is 31.0 Å². The van der Waals surface area contributed by atoms with Crippen molar-refractivity contribution in [2.45, 2.75) is 17.7 Å². The largest absolute Gasteiger partial charge is 0.469 e. The molecule has 0 aromatic carbocycles. The fourth-order valence-corrected chi connectivity index (χ4v) is 1.10. The van der Waals surface area contributed by atoms with E-state index in [9.17, 15) is 4.57 Å². The van der Waals surface area contributed by atoms with E-state index in [0.29, 0.717) is 12.8 Å². The van der Waals surface area contributed by atoms with Crippen molar-refractivity contribution in [3.05, 3.63) is 0 Å². The first kappa shape index (κ1) is 11.7. The summed E-state index contributed by atoms with van der Waals surface area (Å²) in [6.45, 7) is -0.0276. The van der Waals surface area contributed by atoms with Crippen LogP contribution in [0.25, 0.3) is 0 Å². The first-order chi connectivity index (χ1) is 4.92. The van der Waals surface area contributed by atoms with Gasteiger partial charge in [0, 0.05) is 0 Å². The summed E-state index contributed by atoms with van der Waals surface area (Å²) in [5.74, 6) is 0. The van der Waals surface area contributed by atoms with Crippen molar-refractivity contribution in [2.24, 2.45) is 0 Å². The van der Waals surface area contributed by atoms with Crippen LogP contribution in [0.1, 0.15) is 12.8 Å². The third-order valence-corrected chi connectivity index (χ3v) is 1.78. The second-order valence-electron chi connectivity index (χ2n) is 1.86. The summed E-state index contributed by atoms with van der Waals surface area (Å²) in [4.78, 5) is 15.9. The highest BCUT2D eigenvalue weighted by molar-refractivity contribution is 7.46. The van der Waals surface area contributed by atoms with Crippen LogP contribution in [-0.4, -0.2) is 21.2 Å². The topological polar surface area (TPSA) is 66.8 Å². The molecule has 0 aromatic rings. The van der Waals surface area contributed by atoms with Gasteiger partial charge in [0.2, 0.25) is 0 Å². The van der Waals surface area contributed by atoms with Crippen LogP contribution in [0.4, 0.5) is 0 Å². The summed E-state index contributed by atoms with van der Waals surface area (Å²) >= 11 is 10.7. The Labute approximate surface area is 74.7 Å². The van der Waals surface area contributed by atoms with Crippen LogP contribution in [0, 0.1) is 0 Å². The molecule has 0 aliphatic rings. The highest BCUT2D eigenvalue weighted by Gasteiger charge is 2.12. The summed E-state index contributed by atoms with van der Waals surface area (Å²) in [6.07, 6.45) is 0.895. The van der Waals surface area contributed by atoms with Crippen molar-refractivity contribution in [1.82, 2.24) is 0 Å². The normalized spacial score (nSPS) is 12.5. The Morgan fingerprint density at radius 2 is 2.00 bits per heavy atom. The third-order valence-electron chi connectivity index (χ3n) is 0.826. The van der Waals surface area contributed by atoms with E-state index in [1.165, 1.54) is 0 Å². The molecule has 0 unspecified atom stereocenters. The van der Waals surface area contributed by atoms with Crippen LogP contribution >= 0.6 is 31.0 Å². The van der Waals surface area contributed by atoms with E-state index in [-0.39, 0.29) is 6.61 Å². The lowest BCUT2D eigenvalue weighted by atomic mass is 10.4. The molecule has 0 heterocycles. The van der Waals surface area contributed by atoms with E-state index < -0.39 is 12.7 Å². The minimum Gasteiger partial charge on any atom is -0.303 e. The van der Waals surface area contributed by atoms with E-state index >= 15 is 0 Å². The Balaban J connectivity index is 3.22. The van der Waals surface area contributed by atoms with E-state index in [0.717, 1.165) is 0 Å². The zero-order valence-corrected chi connectivity index (χ0v) is 8.02. The van der Waals surface area contributed by atoms with Gasteiger partial charge in [-0.2, -0.15) is 0 Å². The van der Waals surface area contributed by atoms with Crippen molar-refractivity contribution in [3.63, 3.8) is 0 Å². The number of phosphoric acid groups is 1. The van der Waals surface area contributed by atoms with Gasteiger partial charge in [-0.15, -0.1) is 23.2 Å². The molecule has 11 heavy (non-hydrogen) atoms. The molecule has 0 saturated carbocycles. The van der Waals surface area contributed by atoms with Crippen LogP contribution < -0.4 is 0 Å². The predicted molar refractivity (Wildman–Crippen MR) is 42.7 cm³/mol. The maximum Gasteiger partial charge on any atom is 0.469 e. The van der Waals surface area contributed by atoms with Gasteiger partial charge in [0.15, 0.2) is 0 Å². The van der Waals surface area contributed by atoms with E-state index in [1.807, 2.05) is 0 Å². The zero-order valence-electron chi connectivity index (χ0n) is 5.61. The van der Waals surface area contributed by atoms with Gasteiger partial charge in [-0.3, -0.25) is 4.52 Å². The van der Waals surface area contributed by atoms with Crippen molar-refractivity contribution in [2.75, 3.05) is 6.61 Å². The molecule has 7 heteroatoms. The monoisotopic (exact) mass is 222 g/mol. The molecule has 4 nitrogen and oxygen atoms in total. The molecule has 0 aromatic heterocycles. The van der Waals surface area contributed by atoms with Crippen molar-refractivity contribution < 1.29 is 18.9 Å². The van der Waals surface area contributed by atoms with Gasteiger partial charge in [-0.1, -0.05) is 0 Å². The quantitative estimate of drug-likeness (QED) is 0.422. The maximum atomic E-state index is 10.1. The van der Waals surface area contributed by atoms with Crippen molar-refractivity contribution in [1.29, 1.82) is 0 Å². The summed E-state index contributed by atoms with van der Waals surface area (Å²) in [7, 11) is -4.31. The van der Waals surface area contributed by atoms with Crippen LogP contribution in [0.2, 0.25) is 0 Å². The highest BCUT2D eigenvalue weighted by Crippen LogP contribution is 2.35. The van der Waals surface area contributed by atoms with Crippen LogP contribution in [0.15, 0.2) is 0 Å². The highest BCUT2D eigenvalue weighted by atomic mass is 35.5. The molecule has 0 amide bonds. The summed E-state index contributed by atoms with van der Waals surface area (Å²) in [6, 6.07) is 0. The Hall–Kier alpha value is 0.690. The fraction of sp³-hybridized carbons (Fsp3) is 1.00. The van der Waals surface area contributed by atoms with Gasteiger partial charge in [-0.25, -0.2) is 4.57 Å². The second kappa shape index (κ2) is 5.36. The molecule has 2 N–H and O–H groups in total. The van der Waals surface area contributed by atoms with Gasteiger partial charge < -0.3 is 9.79 Å². The second-order valence-corrected chi connectivity index (χ2v) is 4.37. The smallest absolute Gasteiger partial charge is 0.303 e. The number of hydrogen-bond acceptors (Lipinski definition) is 2. The van der Waals surface area contributed by atoms with E-state index in [2.05, 4.69) is 4.52 Å². The first-order valence-corrected chi connectivity index (χ1v) is 5.30. The zero-order chi connectivity index (χ0) is 8.91. The van der Waals surface area contributed by atoms with Gasteiger partial charge in [0.25, 0.3) is 0 Å². The lowest BCUT2D eigenvalue weighted by Crippen LogP contribution is -1.95. The predicted octanol–water partition coefficient (Wildman–Crippen LogP) is 1.68. The molecular formula is C4H9Cl2O4P. The average molecular weight is 223 g/mol. The number of hydrogen-bond donors (Lipinski definition) is 2. The van der Waals surface area contributed by atoms with E-state index in [1.54, 1.807) is 0 Å². The summed E-state index contributed by atoms with van der Waals surface area (Å²) in [5, 5.41) is 0. The Kier molecular flexibility index (Phi) is 5.69. The third kappa shape index (κ3) is 10.7. The molecule has 0 aliphatic carbocycles. The number of rotatable bonds is 5. The standard InChI is InChI=1S/C4H9Cl2O4P/c5-4(6)2-1-3-10-11(7,8)9/h4H,1-3H2,(H2,7,8,9). The molecule has 0 bridgehead atoms. The minimum absolute atomic E-state index is 0.0276. The Morgan fingerprint density at radius 1 is 1.45 bits per heavy atom. The maximum absolute atomic E-state index is 10.1. The Bertz CT molecular complexity index is 145. The lowest BCUT2D eigenvalue weighted by molar-refractivity contribution is 0.194. The average Bonchev–Trinajstić information content (AvgIpc) is 1.78. The minimum atomic E-state index is -4.31. The van der Waals surface area contributed by atoms with Crippen LogP contribution in [0.3, 0.4) is 0 Å². The van der Waals surface area contributed by atoms with Gasteiger partial charge in [0.05, 0.1) is 6.61 Å². The Morgan fingerprint density at radius 3 is 2.36 bits per heavy atom. The van der Waals surface area contributed by atoms with Gasteiger partial charge in [-0.05, 0) is 12.8 Å².